The lowest BCUT2D eigenvalue weighted by molar-refractivity contribution is -0.206. The standard InChI is InChI=1S/C26H29F3N6O4/c1-24(2,3)39-23(38)34-14-10-25(9-12-30,11-15-34)35-18-8-13-31-22(37)19(18)21(33-35)32-17-6-4-16(5-7-17)20(36)26(27,28)29/h4-8,13,20,36H,9-11,14-15H2,1-3H3,(H,31,37)(H,32,33). The second-order valence-electron chi connectivity index (χ2n) is 10.5. The first-order valence-electron chi connectivity index (χ1n) is 12.3. The molecule has 0 aliphatic carbocycles. The summed E-state index contributed by atoms with van der Waals surface area (Å²) < 4.78 is 45.7. The lowest BCUT2D eigenvalue weighted by Gasteiger charge is -2.41. The van der Waals surface area contributed by atoms with Crippen molar-refractivity contribution >= 4 is 28.5 Å². The summed E-state index contributed by atoms with van der Waals surface area (Å²) in [4.78, 5) is 29.6. The van der Waals surface area contributed by atoms with Crippen LogP contribution in [0.15, 0.2) is 41.3 Å². The number of rotatable bonds is 5. The molecule has 208 valence electrons. The molecule has 0 radical (unpaired) electrons. The van der Waals surface area contributed by atoms with E-state index in [-0.39, 0.29) is 23.2 Å². The number of aromatic nitrogens is 3. The fourth-order valence-electron chi connectivity index (χ4n) is 4.64. The SMILES string of the molecule is CC(C)(C)OC(=O)N1CCC(CC#N)(n2nc(Nc3ccc(C(O)C(F)(F)F)cc3)c3c(=O)[nH]ccc32)CC1. The van der Waals surface area contributed by atoms with E-state index in [2.05, 4.69) is 21.5 Å². The molecular weight excluding hydrogens is 517 g/mol. The highest BCUT2D eigenvalue weighted by molar-refractivity contribution is 5.91. The van der Waals surface area contributed by atoms with Crippen molar-refractivity contribution in [3.05, 3.63) is 52.4 Å². The number of carbonyl (C=O) groups excluding carboxylic acids is 1. The van der Waals surface area contributed by atoms with Crippen LogP contribution in [0.1, 0.15) is 51.7 Å². The minimum absolute atomic E-state index is 0.0716. The fourth-order valence-corrected chi connectivity index (χ4v) is 4.64. The van der Waals surface area contributed by atoms with Gasteiger partial charge in [-0.25, -0.2) is 4.79 Å². The molecule has 1 unspecified atom stereocenters. The highest BCUT2D eigenvalue weighted by Gasteiger charge is 2.41. The number of halogens is 3. The number of anilines is 2. The third-order valence-electron chi connectivity index (χ3n) is 6.61. The van der Waals surface area contributed by atoms with Crippen LogP contribution in [-0.2, 0) is 10.3 Å². The van der Waals surface area contributed by atoms with Crippen molar-refractivity contribution in [2.75, 3.05) is 18.4 Å². The summed E-state index contributed by atoms with van der Waals surface area (Å²) in [5.41, 5.74) is -1.43. The number of benzene rings is 1. The number of amides is 1. The summed E-state index contributed by atoms with van der Waals surface area (Å²) in [5.74, 6) is 0.155. The fraction of sp³-hybridized carbons (Fsp3) is 0.462. The second-order valence-corrected chi connectivity index (χ2v) is 10.5. The first kappa shape index (κ1) is 28.0. The average Bonchev–Trinajstić information content (AvgIpc) is 3.23. The molecule has 13 heteroatoms. The summed E-state index contributed by atoms with van der Waals surface area (Å²) in [6, 6.07) is 8.83. The van der Waals surface area contributed by atoms with E-state index >= 15 is 0 Å². The van der Waals surface area contributed by atoms with Gasteiger partial charge in [0.1, 0.15) is 11.0 Å². The zero-order chi connectivity index (χ0) is 28.6. The Labute approximate surface area is 222 Å². The molecule has 1 fully saturated rings. The number of aliphatic hydroxyl groups excluding tert-OH is 1. The smallest absolute Gasteiger partial charge is 0.418 e. The van der Waals surface area contributed by atoms with E-state index in [1.54, 1.807) is 36.4 Å². The number of pyridine rings is 1. The normalized spacial score (nSPS) is 16.5. The number of fused-ring (bicyclic) bond motifs is 1. The van der Waals surface area contributed by atoms with E-state index in [1.165, 1.54) is 18.3 Å². The highest BCUT2D eigenvalue weighted by atomic mass is 19.4. The van der Waals surface area contributed by atoms with Gasteiger partial charge in [0, 0.05) is 25.0 Å². The molecule has 2 aromatic heterocycles. The summed E-state index contributed by atoms with van der Waals surface area (Å²) in [6.45, 7) is 5.97. The molecule has 0 bridgehead atoms. The quantitative estimate of drug-likeness (QED) is 0.422. The number of alkyl halides is 3. The Kier molecular flexibility index (Phi) is 7.36. The summed E-state index contributed by atoms with van der Waals surface area (Å²) in [7, 11) is 0. The molecule has 10 nitrogen and oxygen atoms in total. The number of nitriles is 1. The maximum absolute atomic E-state index is 12.9. The van der Waals surface area contributed by atoms with Crippen LogP contribution < -0.4 is 10.9 Å². The highest BCUT2D eigenvalue weighted by Crippen LogP contribution is 2.38. The predicted octanol–water partition coefficient (Wildman–Crippen LogP) is 4.70. The molecule has 1 amide bonds. The Balaban J connectivity index is 1.66. The van der Waals surface area contributed by atoms with Crippen molar-refractivity contribution in [2.24, 2.45) is 0 Å². The first-order chi connectivity index (χ1) is 18.2. The maximum atomic E-state index is 12.9. The zero-order valence-corrected chi connectivity index (χ0v) is 21.7. The number of hydrogen-bond donors (Lipinski definition) is 3. The van der Waals surface area contributed by atoms with Gasteiger partial charge >= 0.3 is 12.3 Å². The molecule has 0 saturated carbocycles. The topological polar surface area (TPSA) is 136 Å². The van der Waals surface area contributed by atoms with E-state index < -0.39 is 35.1 Å². The predicted molar refractivity (Wildman–Crippen MR) is 136 cm³/mol. The van der Waals surface area contributed by atoms with Gasteiger partial charge in [0.2, 0.25) is 0 Å². The third kappa shape index (κ3) is 5.85. The Morgan fingerprint density at radius 1 is 1.23 bits per heavy atom. The van der Waals surface area contributed by atoms with Gasteiger partial charge in [-0.05, 0) is 57.4 Å². The molecule has 1 aromatic carbocycles. The molecule has 3 N–H and O–H groups in total. The average molecular weight is 547 g/mol. The molecule has 0 spiro atoms. The lowest BCUT2D eigenvalue weighted by Crippen LogP contribution is -2.49. The molecule has 4 rings (SSSR count). The Hall–Kier alpha value is -4.05. The molecule has 3 heterocycles. The minimum Gasteiger partial charge on any atom is -0.444 e. The Morgan fingerprint density at radius 3 is 2.44 bits per heavy atom. The molecule has 1 aliphatic heterocycles. The van der Waals surface area contributed by atoms with Crippen LogP contribution in [0.5, 0.6) is 0 Å². The number of carbonyl (C=O) groups is 1. The number of aromatic amines is 1. The van der Waals surface area contributed by atoms with Crippen molar-refractivity contribution in [2.45, 2.75) is 63.5 Å². The number of likely N-dealkylation sites (tertiary alicyclic amines) is 1. The summed E-state index contributed by atoms with van der Waals surface area (Å²) in [5, 5.41) is 27.0. The lowest BCUT2D eigenvalue weighted by atomic mass is 9.85. The number of hydrogen-bond acceptors (Lipinski definition) is 7. The van der Waals surface area contributed by atoms with E-state index in [4.69, 9.17) is 4.74 Å². The first-order valence-corrected chi connectivity index (χ1v) is 12.3. The molecule has 39 heavy (non-hydrogen) atoms. The van der Waals surface area contributed by atoms with E-state index in [9.17, 15) is 33.1 Å². The van der Waals surface area contributed by atoms with Gasteiger partial charge in [-0.1, -0.05) is 12.1 Å². The summed E-state index contributed by atoms with van der Waals surface area (Å²) in [6.07, 6.45) is -5.56. The van der Waals surface area contributed by atoms with Gasteiger partial charge < -0.3 is 25.0 Å². The molecule has 1 saturated heterocycles. The van der Waals surface area contributed by atoms with Gasteiger partial charge in [0.25, 0.3) is 5.56 Å². The molecular formula is C26H29F3N6O4. The van der Waals surface area contributed by atoms with Crippen LogP contribution >= 0.6 is 0 Å². The van der Waals surface area contributed by atoms with Crippen LogP contribution in [0.3, 0.4) is 0 Å². The second kappa shape index (κ2) is 10.3. The Bertz CT molecular complexity index is 1440. The van der Waals surface area contributed by atoms with E-state index in [0.717, 1.165) is 12.1 Å². The number of H-pyrrole nitrogens is 1. The van der Waals surface area contributed by atoms with Crippen molar-refractivity contribution in [3.63, 3.8) is 0 Å². The molecule has 1 atom stereocenters. The van der Waals surface area contributed by atoms with Crippen LogP contribution in [0, 0.1) is 11.3 Å². The van der Waals surface area contributed by atoms with Crippen LogP contribution in [0.4, 0.5) is 29.5 Å². The van der Waals surface area contributed by atoms with Crippen molar-refractivity contribution in [1.29, 1.82) is 5.26 Å². The molecule has 3 aromatic rings. The van der Waals surface area contributed by atoms with E-state index in [1.807, 2.05) is 0 Å². The minimum atomic E-state index is -4.80. The maximum Gasteiger partial charge on any atom is 0.418 e. The van der Waals surface area contributed by atoms with Gasteiger partial charge in [0.05, 0.1) is 23.5 Å². The number of nitrogens with zero attached hydrogens (tertiary/aromatic N) is 4. The zero-order valence-electron chi connectivity index (χ0n) is 21.7. The Morgan fingerprint density at radius 2 is 1.87 bits per heavy atom. The van der Waals surface area contributed by atoms with Gasteiger partial charge in [-0.2, -0.15) is 23.5 Å². The number of piperidine rings is 1. The van der Waals surface area contributed by atoms with Gasteiger partial charge in [-0.15, -0.1) is 0 Å². The van der Waals surface area contributed by atoms with Crippen LogP contribution in [0.25, 0.3) is 10.9 Å². The largest absolute Gasteiger partial charge is 0.444 e. The number of aliphatic hydroxyl groups is 1. The number of ether oxygens (including phenoxy) is 1. The van der Waals surface area contributed by atoms with E-state index in [0.29, 0.717) is 37.1 Å². The monoisotopic (exact) mass is 546 g/mol. The van der Waals surface area contributed by atoms with Crippen molar-refractivity contribution in [3.8, 4) is 6.07 Å². The van der Waals surface area contributed by atoms with Crippen LogP contribution in [-0.4, -0.2) is 55.7 Å². The van der Waals surface area contributed by atoms with Crippen molar-refractivity contribution < 1.29 is 27.8 Å². The molecule has 1 aliphatic rings. The van der Waals surface area contributed by atoms with Gasteiger partial charge in [0.15, 0.2) is 11.9 Å². The van der Waals surface area contributed by atoms with Crippen LogP contribution in [0.2, 0.25) is 0 Å². The van der Waals surface area contributed by atoms with Gasteiger partial charge in [-0.3, -0.25) is 9.48 Å². The number of nitrogens with one attached hydrogen (secondary N) is 2. The van der Waals surface area contributed by atoms with Crippen molar-refractivity contribution in [1.82, 2.24) is 19.7 Å². The third-order valence-corrected chi connectivity index (χ3v) is 6.61. The summed E-state index contributed by atoms with van der Waals surface area (Å²) >= 11 is 0.